The van der Waals surface area contributed by atoms with Crippen molar-refractivity contribution >= 4 is 0 Å². The van der Waals surface area contributed by atoms with E-state index in [-0.39, 0.29) is 0 Å². The average Bonchev–Trinajstić information content (AvgIpc) is 2.45. The maximum Gasteiger partial charge on any atom is 0.0998 e. The first-order chi connectivity index (χ1) is 9.20. The van der Waals surface area contributed by atoms with Gasteiger partial charge in [0.25, 0.3) is 0 Å². The molecule has 2 rings (SSSR count). The lowest BCUT2D eigenvalue weighted by Crippen LogP contribution is -1.92. The van der Waals surface area contributed by atoms with Crippen LogP contribution in [0.5, 0.6) is 0 Å². The molecular formula is C18H19N. The molecule has 0 unspecified atom stereocenters. The van der Waals surface area contributed by atoms with Crippen molar-refractivity contribution in [2.75, 3.05) is 0 Å². The number of hydrogen-bond donors (Lipinski definition) is 0. The van der Waals surface area contributed by atoms with Crippen LogP contribution in [-0.4, -0.2) is 0 Å². The van der Waals surface area contributed by atoms with Gasteiger partial charge < -0.3 is 0 Å². The highest BCUT2D eigenvalue weighted by molar-refractivity contribution is 5.70. The van der Waals surface area contributed by atoms with Crippen molar-refractivity contribution in [3.8, 4) is 17.2 Å². The Labute approximate surface area is 115 Å². The summed E-state index contributed by atoms with van der Waals surface area (Å²) in [6.45, 7) is 4.50. The van der Waals surface area contributed by atoms with Crippen LogP contribution in [0.15, 0.2) is 48.5 Å². The van der Waals surface area contributed by atoms with Crippen molar-refractivity contribution in [3.05, 3.63) is 59.7 Å². The average molecular weight is 249 g/mol. The van der Waals surface area contributed by atoms with Gasteiger partial charge in [0.05, 0.1) is 11.6 Å². The van der Waals surface area contributed by atoms with Crippen molar-refractivity contribution < 1.29 is 0 Å². The monoisotopic (exact) mass is 249 g/mol. The van der Waals surface area contributed by atoms with E-state index in [0.717, 1.165) is 29.0 Å². The first kappa shape index (κ1) is 13.4. The lowest BCUT2D eigenvalue weighted by Gasteiger charge is -2.07. The van der Waals surface area contributed by atoms with E-state index in [1.165, 1.54) is 12.0 Å². The van der Waals surface area contributed by atoms with Crippen LogP contribution in [-0.2, 0) is 6.42 Å². The van der Waals surface area contributed by atoms with Crippen LogP contribution >= 0.6 is 0 Å². The predicted molar refractivity (Wildman–Crippen MR) is 79.8 cm³/mol. The van der Waals surface area contributed by atoms with Crippen LogP contribution in [0.1, 0.15) is 31.4 Å². The van der Waals surface area contributed by atoms with Crippen LogP contribution in [0, 0.1) is 17.2 Å². The molecule has 0 aromatic heterocycles. The summed E-state index contributed by atoms with van der Waals surface area (Å²) in [6.07, 6.45) is 2.34. The second-order valence-corrected chi connectivity index (χ2v) is 5.29. The first-order valence-electron chi connectivity index (χ1n) is 6.79. The van der Waals surface area contributed by atoms with Gasteiger partial charge in [-0.3, -0.25) is 0 Å². The van der Waals surface area contributed by atoms with E-state index in [2.05, 4.69) is 44.2 Å². The Bertz CT molecular complexity index is 573. The second-order valence-electron chi connectivity index (χ2n) is 5.29. The van der Waals surface area contributed by atoms with Gasteiger partial charge in [-0.15, -0.1) is 0 Å². The van der Waals surface area contributed by atoms with Gasteiger partial charge in [-0.1, -0.05) is 56.3 Å². The summed E-state index contributed by atoms with van der Waals surface area (Å²) in [7, 11) is 0. The molecule has 19 heavy (non-hydrogen) atoms. The molecule has 0 saturated heterocycles. The molecule has 0 fully saturated rings. The van der Waals surface area contributed by atoms with Crippen molar-refractivity contribution in [1.82, 2.24) is 0 Å². The van der Waals surface area contributed by atoms with Crippen molar-refractivity contribution in [2.45, 2.75) is 26.7 Å². The lowest BCUT2D eigenvalue weighted by atomic mass is 9.97. The summed E-state index contributed by atoms with van der Waals surface area (Å²) in [5.74, 6) is 0.735. The Morgan fingerprint density at radius 1 is 1.00 bits per heavy atom. The highest BCUT2D eigenvalue weighted by Crippen LogP contribution is 2.24. The zero-order valence-electron chi connectivity index (χ0n) is 11.6. The van der Waals surface area contributed by atoms with E-state index in [0.29, 0.717) is 0 Å². The summed E-state index contributed by atoms with van der Waals surface area (Å²) in [6, 6.07) is 18.6. The summed E-state index contributed by atoms with van der Waals surface area (Å²) in [4.78, 5) is 0. The molecule has 0 spiro atoms. The fraction of sp³-hybridized carbons (Fsp3) is 0.278. The molecule has 0 heterocycles. The minimum atomic E-state index is 0.734. The molecule has 0 aliphatic carbocycles. The molecule has 1 nitrogen and oxygen atoms in total. The number of hydrogen-bond acceptors (Lipinski definition) is 1. The molecule has 0 aliphatic heterocycles. The van der Waals surface area contributed by atoms with Gasteiger partial charge in [0.2, 0.25) is 0 Å². The Balaban J connectivity index is 2.21. The topological polar surface area (TPSA) is 23.8 Å². The van der Waals surface area contributed by atoms with E-state index in [1.54, 1.807) is 0 Å². The van der Waals surface area contributed by atoms with Gasteiger partial charge in [0.1, 0.15) is 0 Å². The van der Waals surface area contributed by atoms with Gasteiger partial charge in [0.15, 0.2) is 0 Å². The van der Waals surface area contributed by atoms with Crippen molar-refractivity contribution in [3.63, 3.8) is 0 Å². The van der Waals surface area contributed by atoms with E-state index < -0.39 is 0 Å². The van der Waals surface area contributed by atoms with Gasteiger partial charge in [0, 0.05) is 0 Å². The lowest BCUT2D eigenvalue weighted by molar-refractivity contribution is 0.587. The van der Waals surface area contributed by atoms with Crippen LogP contribution in [0.4, 0.5) is 0 Å². The molecule has 1 heteroatoms. The molecule has 0 radical (unpaired) electrons. The van der Waals surface area contributed by atoms with Crippen LogP contribution in [0.2, 0.25) is 0 Å². The standard InChI is InChI=1S/C18H19N/c1-14(2)7-8-15-9-11-16(12-10-15)18-6-4-3-5-17(18)13-19/h3-6,9-12,14H,7-8H2,1-2H3. The molecule has 0 bridgehead atoms. The predicted octanol–water partition coefficient (Wildman–Crippen LogP) is 4.81. The Kier molecular flexibility index (Phi) is 4.36. The fourth-order valence-electron chi connectivity index (χ4n) is 2.14. The summed E-state index contributed by atoms with van der Waals surface area (Å²) >= 11 is 0. The zero-order chi connectivity index (χ0) is 13.7. The highest BCUT2D eigenvalue weighted by atomic mass is 14.2. The van der Waals surface area contributed by atoms with E-state index in [1.807, 2.05) is 24.3 Å². The largest absolute Gasteiger partial charge is 0.192 e. The third kappa shape index (κ3) is 3.45. The van der Waals surface area contributed by atoms with Gasteiger partial charge in [-0.25, -0.2) is 0 Å². The van der Waals surface area contributed by atoms with Crippen molar-refractivity contribution in [1.29, 1.82) is 5.26 Å². The SMILES string of the molecule is CC(C)CCc1ccc(-c2ccccc2C#N)cc1. The number of nitriles is 1. The maximum atomic E-state index is 9.13. The third-order valence-corrected chi connectivity index (χ3v) is 3.32. The highest BCUT2D eigenvalue weighted by Gasteiger charge is 2.04. The van der Waals surface area contributed by atoms with E-state index >= 15 is 0 Å². The minimum absolute atomic E-state index is 0.734. The number of rotatable bonds is 4. The number of aryl methyl sites for hydroxylation is 1. The normalized spacial score (nSPS) is 10.4. The molecule has 0 saturated carbocycles. The van der Waals surface area contributed by atoms with Crippen LogP contribution in [0.25, 0.3) is 11.1 Å². The Morgan fingerprint density at radius 3 is 2.32 bits per heavy atom. The molecule has 0 amide bonds. The molecule has 0 aliphatic rings. The molecule has 2 aromatic carbocycles. The maximum absolute atomic E-state index is 9.13. The smallest absolute Gasteiger partial charge is 0.0998 e. The molecule has 96 valence electrons. The summed E-state index contributed by atoms with van der Waals surface area (Å²) in [5.41, 5.74) is 4.23. The second kappa shape index (κ2) is 6.20. The van der Waals surface area contributed by atoms with Crippen LogP contribution in [0.3, 0.4) is 0 Å². The van der Waals surface area contributed by atoms with E-state index in [4.69, 9.17) is 5.26 Å². The van der Waals surface area contributed by atoms with Gasteiger partial charge in [-0.2, -0.15) is 5.26 Å². The summed E-state index contributed by atoms with van der Waals surface area (Å²) < 4.78 is 0. The fourth-order valence-corrected chi connectivity index (χ4v) is 2.14. The van der Waals surface area contributed by atoms with Gasteiger partial charge >= 0.3 is 0 Å². The number of nitrogens with zero attached hydrogens (tertiary/aromatic N) is 1. The molecule has 2 aromatic rings. The van der Waals surface area contributed by atoms with E-state index in [9.17, 15) is 0 Å². The van der Waals surface area contributed by atoms with Gasteiger partial charge in [-0.05, 0) is 41.5 Å². The minimum Gasteiger partial charge on any atom is -0.192 e. The third-order valence-electron chi connectivity index (χ3n) is 3.32. The van der Waals surface area contributed by atoms with Crippen LogP contribution < -0.4 is 0 Å². The number of benzene rings is 2. The molecular weight excluding hydrogens is 230 g/mol. The molecule has 0 N–H and O–H groups in total. The Hall–Kier alpha value is -2.07. The quantitative estimate of drug-likeness (QED) is 0.762. The first-order valence-corrected chi connectivity index (χ1v) is 6.79. The zero-order valence-corrected chi connectivity index (χ0v) is 11.6. The van der Waals surface area contributed by atoms with Crippen molar-refractivity contribution in [2.24, 2.45) is 5.92 Å². The molecule has 0 atom stereocenters. The Morgan fingerprint density at radius 2 is 1.68 bits per heavy atom. The summed E-state index contributed by atoms with van der Waals surface area (Å²) in [5, 5.41) is 9.13.